The zero-order chi connectivity index (χ0) is 8.97. The molecule has 0 saturated carbocycles. The third-order valence-electron chi connectivity index (χ3n) is 1.34. The first kappa shape index (κ1) is 8.52. The molecule has 1 rings (SSSR count). The maximum Gasteiger partial charge on any atom is 0.303 e. The van der Waals surface area contributed by atoms with Gasteiger partial charge in [0.1, 0.15) is 12.3 Å². The topological polar surface area (TPSA) is 65.2 Å². The van der Waals surface area contributed by atoms with Crippen molar-refractivity contribution in [3.63, 3.8) is 0 Å². The van der Waals surface area contributed by atoms with Crippen LogP contribution in [0.4, 0.5) is 5.69 Å². The fourth-order valence-electron chi connectivity index (χ4n) is 0.741. The van der Waals surface area contributed by atoms with Crippen LogP contribution in [0.5, 0.6) is 0 Å². The monoisotopic (exact) mass is 166 g/mol. The van der Waals surface area contributed by atoms with Crippen molar-refractivity contribution in [2.75, 3.05) is 5.73 Å². The van der Waals surface area contributed by atoms with E-state index in [0.717, 1.165) is 0 Å². The molecule has 0 aliphatic rings. The molecule has 0 radical (unpaired) electrons. The Morgan fingerprint density at radius 1 is 1.75 bits per heavy atom. The van der Waals surface area contributed by atoms with E-state index in [1.807, 2.05) is 0 Å². The minimum atomic E-state index is -0.333. The number of nitrogen functional groups attached to an aromatic ring is 1. The zero-order valence-electron chi connectivity index (χ0n) is 6.78. The van der Waals surface area contributed by atoms with Gasteiger partial charge in [0, 0.05) is 13.1 Å². The molecule has 0 aliphatic carbocycles. The van der Waals surface area contributed by atoms with Crippen molar-refractivity contribution in [2.45, 2.75) is 13.5 Å². The largest absolute Gasteiger partial charge is 0.459 e. The van der Waals surface area contributed by atoms with Crippen molar-refractivity contribution in [1.82, 2.24) is 4.98 Å². The van der Waals surface area contributed by atoms with E-state index in [9.17, 15) is 4.79 Å². The van der Waals surface area contributed by atoms with E-state index < -0.39 is 0 Å². The van der Waals surface area contributed by atoms with Gasteiger partial charge in [-0.15, -0.1) is 0 Å². The van der Waals surface area contributed by atoms with Gasteiger partial charge in [0.15, 0.2) is 0 Å². The van der Waals surface area contributed by atoms with E-state index in [1.165, 1.54) is 6.92 Å². The first-order chi connectivity index (χ1) is 5.70. The second-order valence-electron chi connectivity index (χ2n) is 2.32. The first-order valence-electron chi connectivity index (χ1n) is 3.53. The standard InChI is InChI=1S/C8H10N2O2/c1-6(11)12-5-8-7(9)3-2-4-10-8/h2-4H,5,9H2,1H3. The van der Waals surface area contributed by atoms with Crippen LogP contribution in [0.25, 0.3) is 0 Å². The van der Waals surface area contributed by atoms with Gasteiger partial charge in [-0.3, -0.25) is 9.78 Å². The van der Waals surface area contributed by atoms with Gasteiger partial charge >= 0.3 is 5.97 Å². The Bertz CT molecular complexity index is 286. The summed E-state index contributed by atoms with van der Waals surface area (Å²) in [7, 11) is 0. The van der Waals surface area contributed by atoms with Gasteiger partial charge in [-0.2, -0.15) is 0 Å². The van der Waals surface area contributed by atoms with Gasteiger partial charge in [-0.1, -0.05) is 0 Å². The van der Waals surface area contributed by atoms with Gasteiger partial charge in [0.05, 0.1) is 5.69 Å². The lowest BCUT2D eigenvalue weighted by molar-refractivity contribution is -0.142. The van der Waals surface area contributed by atoms with Crippen molar-refractivity contribution < 1.29 is 9.53 Å². The van der Waals surface area contributed by atoms with Crippen LogP contribution in [0, 0.1) is 0 Å². The fraction of sp³-hybridized carbons (Fsp3) is 0.250. The summed E-state index contributed by atoms with van der Waals surface area (Å²) < 4.78 is 4.73. The Morgan fingerprint density at radius 2 is 2.50 bits per heavy atom. The quantitative estimate of drug-likeness (QED) is 0.657. The summed E-state index contributed by atoms with van der Waals surface area (Å²) in [6.45, 7) is 1.49. The molecule has 0 bridgehead atoms. The number of hydrogen-bond acceptors (Lipinski definition) is 4. The number of anilines is 1. The predicted molar refractivity (Wildman–Crippen MR) is 44.1 cm³/mol. The number of nitrogens with two attached hydrogens (primary N) is 1. The maximum atomic E-state index is 10.4. The highest BCUT2D eigenvalue weighted by Crippen LogP contribution is 2.07. The lowest BCUT2D eigenvalue weighted by atomic mass is 10.3. The summed E-state index contributed by atoms with van der Waals surface area (Å²) in [6, 6.07) is 3.44. The Labute approximate surface area is 70.4 Å². The van der Waals surface area contributed by atoms with Crippen LogP contribution in [-0.2, 0) is 16.1 Å². The lowest BCUT2D eigenvalue weighted by Gasteiger charge is -2.03. The smallest absolute Gasteiger partial charge is 0.303 e. The Kier molecular flexibility index (Phi) is 2.63. The lowest BCUT2D eigenvalue weighted by Crippen LogP contribution is -2.03. The third-order valence-corrected chi connectivity index (χ3v) is 1.34. The number of ether oxygens (including phenoxy) is 1. The molecule has 0 unspecified atom stereocenters. The number of carbonyl (C=O) groups excluding carboxylic acids is 1. The van der Waals surface area contributed by atoms with E-state index in [-0.39, 0.29) is 12.6 Å². The van der Waals surface area contributed by atoms with Gasteiger partial charge in [0.25, 0.3) is 0 Å². The molecule has 0 aliphatic heterocycles. The van der Waals surface area contributed by atoms with E-state index in [1.54, 1.807) is 18.3 Å². The maximum absolute atomic E-state index is 10.4. The molecule has 2 N–H and O–H groups in total. The third kappa shape index (κ3) is 2.23. The molecule has 64 valence electrons. The summed E-state index contributed by atoms with van der Waals surface area (Å²) in [4.78, 5) is 14.4. The van der Waals surface area contributed by atoms with Crippen LogP contribution in [0.2, 0.25) is 0 Å². The van der Waals surface area contributed by atoms with Crippen molar-refractivity contribution in [3.8, 4) is 0 Å². The Hall–Kier alpha value is -1.58. The minimum absolute atomic E-state index is 0.141. The second kappa shape index (κ2) is 3.71. The van der Waals surface area contributed by atoms with Gasteiger partial charge < -0.3 is 10.5 Å². The van der Waals surface area contributed by atoms with Gasteiger partial charge in [-0.25, -0.2) is 0 Å². The Morgan fingerprint density at radius 3 is 3.08 bits per heavy atom. The summed E-state index contributed by atoms with van der Waals surface area (Å²) in [6.07, 6.45) is 1.61. The molecule has 0 amide bonds. The summed E-state index contributed by atoms with van der Waals surface area (Å²) >= 11 is 0. The van der Waals surface area contributed by atoms with E-state index in [2.05, 4.69) is 4.98 Å². The molecular formula is C8H10N2O2. The molecule has 1 aromatic rings. The van der Waals surface area contributed by atoms with Crippen LogP contribution >= 0.6 is 0 Å². The van der Waals surface area contributed by atoms with Crippen molar-refractivity contribution in [3.05, 3.63) is 24.0 Å². The van der Waals surface area contributed by atoms with Crippen molar-refractivity contribution >= 4 is 11.7 Å². The zero-order valence-corrected chi connectivity index (χ0v) is 6.78. The fourth-order valence-corrected chi connectivity index (χ4v) is 0.741. The SMILES string of the molecule is CC(=O)OCc1ncccc1N. The minimum Gasteiger partial charge on any atom is -0.459 e. The molecule has 1 heterocycles. The highest BCUT2D eigenvalue weighted by Gasteiger charge is 2.00. The average molecular weight is 166 g/mol. The van der Waals surface area contributed by atoms with Crippen molar-refractivity contribution in [1.29, 1.82) is 0 Å². The molecule has 0 aromatic carbocycles. The highest BCUT2D eigenvalue weighted by molar-refractivity contribution is 5.66. The number of hydrogen-bond donors (Lipinski definition) is 1. The molecule has 0 spiro atoms. The first-order valence-corrected chi connectivity index (χ1v) is 3.53. The van der Waals surface area contributed by atoms with E-state index >= 15 is 0 Å². The van der Waals surface area contributed by atoms with Crippen molar-refractivity contribution in [2.24, 2.45) is 0 Å². The van der Waals surface area contributed by atoms with Gasteiger partial charge in [0.2, 0.25) is 0 Å². The van der Waals surface area contributed by atoms with E-state index in [4.69, 9.17) is 10.5 Å². The molecule has 4 nitrogen and oxygen atoms in total. The van der Waals surface area contributed by atoms with Crippen LogP contribution in [0.15, 0.2) is 18.3 Å². The molecular weight excluding hydrogens is 156 g/mol. The number of rotatable bonds is 2. The molecule has 0 fully saturated rings. The molecule has 4 heteroatoms. The second-order valence-corrected chi connectivity index (χ2v) is 2.32. The van der Waals surface area contributed by atoms with Gasteiger partial charge in [-0.05, 0) is 12.1 Å². The molecule has 0 atom stereocenters. The summed E-state index contributed by atoms with van der Waals surface area (Å²) in [5, 5.41) is 0. The number of nitrogens with zero attached hydrogens (tertiary/aromatic N) is 1. The molecule has 0 saturated heterocycles. The Balaban J connectivity index is 2.63. The number of pyridine rings is 1. The number of esters is 1. The molecule has 1 aromatic heterocycles. The van der Waals surface area contributed by atoms with E-state index in [0.29, 0.717) is 11.4 Å². The average Bonchev–Trinajstić information content (AvgIpc) is 2.03. The molecule has 12 heavy (non-hydrogen) atoms. The normalized spacial score (nSPS) is 9.42. The highest BCUT2D eigenvalue weighted by atomic mass is 16.5. The summed E-state index contributed by atoms with van der Waals surface area (Å²) in [5.41, 5.74) is 6.68. The summed E-state index contributed by atoms with van der Waals surface area (Å²) in [5.74, 6) is -0.333. The van der Waals surface area contributed by atoms with Crippen LogP contribution < -0.4 is 5.73 Å². The van der Waals surface area contributed by atoms with Crippen LogP contribution in [0.3, 0.4) is 0 Å². The number of carbonyl (C=O) groups is 1. The van der Waals surface area contributed by atoms with Crippen LogP contribution in [-0.4, -0.2) is 11.0 Å². The predicted octanol–water partition coefficient (Wildman–Crippen LogP) is 0.727. The number of aromatic nitrogens is 1. The van der Waals surface area contributed by atoms with Crippen LogP contribution in [0.1, 0.15) is 12.6 Å².